The fourth-order valence-corrected chi connectivity index (χ4v) is 1.64. The van der Waals surface area contributed by atoms with E-state index in [-0.39, 0.29) is 18.8 Å². The predicted molar refractivity (Wildman–Crippen MR) is 69.5 cm³/mol. The van der Waals surface area contributed by atoms with Gasteiger partial charge in [0.2, 0.25) is 0 Å². The zero-order chi connectivity index (χ0) is 12.1. The Hall–Kier alpha value is -0.650. The number of halogens is 3. The molecule has 0 unspecified atom stereocenters. The average molecular weight is 327 g/mol. The molecule has 0 bridgehead atoms. The summed E-state index contributed by atoms with van der Waals surface area (Å²) in [5.41, 5.74) is 6.04. The van der Waals surface area contributed by atoms with Crippen LogP contribution in [-0.2, 0) is 9.53 Å². The van der Waals surface area contributed by atoms with Gasteiger partial charge in [-0.3, -0.25) is 4.79 Å². The van der Waals surface area contributed by atoms with Crippen molar-refractivity contribution in [2.45, 2.75) is 19.4 Å². The van der Waals surface area contributed by atoms with E-state index in [9.17, 15) is 9.18 Å². The number of nitrogens with two attached hydrogens (primary N) is 1. The molecule has 96 valence electrons. The highest BCUT2D eigenvalue weighted by molar-refractivity contribution is 9.10. The number of benzene rings is 1. The molecule has 2 N–H and O–H groups in total. The molecule has 17 heavy (non-hydrogen) atoms. The Morgan fingerprint density at radius 1 is 1.59 bits per heavy atom. The summed E-state index contributed by atoms with van der Waals surface area (Å²) in [5, 5.41) is 0. The molecule has 3 nitrogen and oxygen atoms in total. The molecule has 6 heteroatoms. The van der Waals surface area contributed by atoms with Crippen molar-refractivity contribution in [3.63, 3.8) is 0 Å². The molecule has 0 spiro atoms. The van der Waals surface area contributed by atoms with Crippen LogP contribution in [0, 0.1) is 5.82 Å². The Labute approximate surface area is 114 Å². The number of hydrogen-bond acceptors (Lipinski definition) is 3. The van der Waals surface area contributed by atoms with Crippen molar-refractivity contribution in [3.8, 4) is 0 Å². The van der Waals surface area contributed by atoms with Gasteiger partial charge in [0.1, 0.15) is 5.82 Å². The minimum absolute atomic E-state index is 0. The predicted octanol–water partition coefficient (Wildman–Crippen LogP) is 2.96. The third-order valence-electron chi connectivity index (χ3n) is 2.05. The van der Waals surface area contributed by atoms with Gasteiger partial charge < -0.3 is 10.5 Å². The Morgan fingerprint density at radius 2 is 2.24 bits per heavy atom. The zero-order valence-corrected chi connectivity index (χ0v) is 11.7. The summed E-state index contributed by atoms with van der Waals surface area (Å²) in [7, 11) is 0. The smallest absolute Gasteiger partial charge is 0.307 e. The molecule has 0 aliphatic heterocycles. The topological polar surface area (TPSA) is 52.3 Å². The van der Waals surface area contributed by atoms with Gasteiger partial charge in [-0.2, -0.15) is 0 Å². The number of carbonyl (C=O) groups excluding carboxylic acids is 1. The number of hydrogen-bond donors (Lipinski definition) is 1. The van der Waals surface area contributed by atoms with Gasteiger partial charge in [-0.05, 0) is 19.1 Å². The Kier molecular flexibility index (Phi) is 7.34. The first-order valence-electron chi connectivity index (χ1n) is 4.90. The van der Waals surface area contributed by atoms with Gasteiger partial charge >= 0.3 is 5.97 Å². The van der Waals surface area contributed by atoms with Gasteiger partial charge in [0, 0.05) is 16.1 Å². The van der Waals surface area contributed by atoms with Crippen LogP contribution in [0.25, 0.3) is 0 Å². The zero-order valence-electron chi connectivity index (χ0n) is 9.28. The minimum Gasteiger partial charge on any atom is -0.466 e. The van der Waals surface area contributed by atoms with Crippen LogP contribution in [0.3, 0.4) is 0 Å². The third-order valence-corrected chi connectivity index (χ3v) is 2.55. The molecule has 1 aromatic rings. The molecule has 0 radical (unpaired) electrons. The molecule has 0 aliphatic carbocycles. The standard InChI is InChI=1S/C11H13BrFNO2.ClH/c1-2-16-11(15)6-10(14)8-4-3-7(12)5-9(8)13;/h3-5,10H,2,6,14H2,1H3;1H/t10-;/m0./s1. The maximum atomic E-state index is 13.5. The van der Waals surface area contributed by atoms with Crippen molar-refractivity contribution in [3.05, 3.63) is 34.1 Å². The molecular weight excluding hydrogens is 312 g/mol. The average Bonchev–Trinajstić information content (AvgIpc) is 2.17. The highest BCUT2D eigenvalue weighted by atomic mass is 79.9. The van der Waals surface area contributed by atoms with Crippen LogP contribution in [0.2, 0.25) is 0 Å². The second kappa shape index (κ2) is 7.63. The molecule has 1 rings (SSSR count). The summed E-state index contributed by atoms with van der Waals surface area (Å²) in [4.78, 5) is 11.2. The molecule has 0 aliphatic rings. The van der Waals surface area contributed by atoms with Crippen molar-refractivity contribution in [1.82, 2.24) is 0 Å². The van der Waals surface area contributed by atoms with E-state index in [1.807, 2.05) is 0 Å². The second-order valence-corrected chi connectivity index (χ2v) is 4.20. The van der Waals surface area contributed by atoms with Gasteiger partial charge in [-0.1, -0.05) is 22.0 Å². The lowest BCUT2D eigenvalue weighted by molar-refractivity contribution is -0.143. The number of ether oxygens (including phenoxy) is 1. The summed E-state index contributed by atoms with van der Waals surface area (Å²) in [6, 6.07) is 3.89. The van der Waals surface area contributed by atoms with Gasteiger partial charge in [0.05, 0.1) is 13.0 Å². The summed E-state index contributed by atoms with van der Waals surface area (Å²) in [6.45, 7) is 2.01. The van der Waals surface area contributed by atoms with Crippen LogP contribution in [0.15, 0.2) is 22.7 Å². The minimum atomic E-state index is -0.674. The van der Waals surface area contributed by atoms with E-state index in [0.717, 1.165) is 0 Å². The summed E-state index contributed by atoms with van der Waals surface area (Å²) in [6.07, 6.45) is -0.0214. The number of esters is 1. The van der Waals surface area contributed by atoms with Crippen molar-refractivity contribution in [1.29, 1.82) is 0 Å². The Bertz CT molecular complexity index is 390. The first kappa shape index (κ1) is 16.4. The van der Waals surface area contributed by atoms with E-state index in [4.69, 9.17) is 10.5 Å². The van der Waals surface area contributed by atoms with E-state index in [1.54, 1.807) is 19.1 Å². The molecule has 0 fully saturated rings. The molecule has 0 amide bonds. The highest BCUT2D eigenvalue weighted by Gasteiger charge is 2.16. The summed E-state index contributed by atoms with van der Waals surface area (Å²) in [5.74, 6) is -0.844. The fourth-order valence-electron chi connectivity index (χ4n) is 1.31. The van der Waals surface area contributed by atoms with Gasteiger partial charge in [0.25, 0.3) is 0 Å². The molecule has 1 atom stereocenters. The lowest BCUT2D eigenvalue weighted by Gasteiger charge is -2.12. The van der Waals surface area contributed by atoms with Crippen LogP contribution in [0.4, 0.5) is 4.39 Å². The quantitative estimate of drug-likeness (QED) is 0.866. The van der Waals surface area contributed by atoms with E-state index < -0.39 is 17.8 Å². The van der Waals surface area contributed by atoms with Crippen LogP contribution in [0.5, 0.6) is 0 Å². The lowest BCUT2D eigenvalue weighted by atomic mass is 10.0. The van der Waals surface area contributed by atoms with Crippen LogP contribution in [-0.4, -0.2) is 12.6 Å². The van der Waals surface area contributed by atoms with Crippen LogP contribution in [0.1, 0.15) is 24.9 Å². The fraction of sp³-hybridized carbons (Fsp3) is 0.364. The molecule has 0 heterocycles. The summed E-state index contributed by atoms with van der Waals surface area (Å²) >= 11 is 3.15. The van der Waals surface area contributed by atoms with E-state index >= 15 is 0 Å². The van der Waals surface area contributed by atoms with Crippen molar-refractivity contribution < 1.29 is 13.9 Å². The maximum absolute atomic E-state index is 13.5. The maximum Gasteiger partial charge on any atom is 0.307 e. The van der Waals surface area contributed by atoms with Crippen LogP contribution < -0.4 is 5.73 Å². The highest BCUT2D eigenvalue weighted by Crippen LogP contribution is 2.21. The molecule has 0 saturated heterocycles. The van der Waals surface area contributed by atoms with Crippen LogP contribution >= 0.6 is 28.3 Å². The van der Waals surface area contributed by atoms with Crippen molar-refractivity contribution >= 4 is 34.3 Å². The summed E-state index contributed by atoms with van der Waals surface area (Å²) < 4.78 is 18.9. The first-order valence-corrected chi connectivity index (χ1v) is 5.70. The molecule has 0 aromatic heterocycles. The number of carbonyl (C=O) groups is 1. The second-order valence-electron chi connectivity index (χ2n) is 3.28. The lowest BCUT2D eigenvalue weighted by Crippen LogP contribution is -2.18. The van der Waals surface area contributed by atoms with Gasteiger partial charge in [-0.15, -0.1) is 12.4 Å². The largest absolute Gasteiger partial charge is 0.466 e. The van der Waals surface area contributed by atoms with Crippen molar-refractivity contribution in [2.75, 3.05) is 6.61 Å². The Morgan fingerprint density at radius 3 is 2.76 bits per heavy atom. The SMILES string of the molecule is CCOC(=O)C[C@H](N)c1ccc(Br)cc1F.Cl. The molecular formula is C11H14BrClFNO2. The van der Waals surface area contributed by atoms with E-state index in [2.05, 4.69) is 15.9 Å². The van der Waals surface area contributed by atoms with Gasteiger partial charge in [-0.25, -0.2) is 4.39 Å². The van der Waals surface area contributed by atoms with Crippen molar-refractivity contribution in [2.24, 2.45) is 5.73 Å². The number of rotatable bonds is 4. The first-order chi connectivity index (χ1) is 7.54. The van der Waals surface area contributed by atoms with E-state index in [1.165, 1.54) is 6.07 Å². The monoisotopic (exact) mass is 325 g/mol. The molecule has 0 saturated carbocycles. The Balaban J connectivity index is 0.00000256. The van der Waals surface area contributed by atoms with E-state index in [0.29, 0.717) is 16.6 Å². The normalized spacial score (nSPS) is 11.5. The molecule has 1 aromatic carbocycles. The van der Waals surface area contributed by atoms with Gasteiger partial charge in [0.15, 0.2) is 0 Å². The third kappa shape index (κ3) is 5.02.